The Morgan fingerprint density at radius 3 is 2.85 bits per heavy atom. The lowest BCUT2D eigenvalue weighted by Gasteiger charge is -2.24. The highest BCUT2D eigenvalue weighted by atomic mass is 16.6. The number of hydrogen-bond donors (Lipinski definition) is 2. The summed E-state index contributed by atoms with van der Waals surface area (Å²) in [5, 5.41) is 16.9. The summed E-state index contributed by atoms with van der Waals surface area (Å²) in [6.45, 7) is 3.54. The fraction of sp³-hybridized carbons (Fsp3) is 0.462. The van der Waals surface area contributed by atoms with Gasteiger partial charge in [-0.25, -0.2) is 0 Å². The number of nitrogens with one attached hydrogen (secondary N) is 2. The number of nitro groups is 1. The van der Waals surface area contributed by atoms with Crippen molar-refractivity contribution in [3.05, 3.63) is 33.9 Å². The highest BCUT2D eigenvalue weighted by Gasteiger charge is 2.30. The van der Waals surface area contributed by atoms with Gasteiger partial charge >= 0.3 is 5.69 Å². The van der Waals surface area contributed by atoms with E-state index in [0.717, 1.165) is 13.0 Å². The van der Waals surface area contributed by atoms with Crippen LogP contribution in [0.15, 0.2) is 18.2 Å². The minimum absolute atomic E-state index is 0.0809. The molecule has 1 fully saturated rings. The molecule has 1 aromatic carbocycles. The summed E-state index contributed by atoms with van der Waals surface area (Å²) in [7, 11) is 1.34. The SMILES string of the molecule is COc1cc(C(=O)NC2(C)CCNC2)ccc1[N+](=O)[O-]. The molecule has 1 heterocycles. The van der Waals surface area contributed by atoms with Crippen molar-refractivity contribution in [2.24, 2.45) is 0 Å². The summed E-state index contributed by atoms with van der Waals surface area (Å²) in [6.07, 6.45) is 0.850. The molecule has 1 unspecified atom stereocenters. The number of benzene rings is 1. The number of nitrogens with zero attached hydrogens (tertiary/aromatic N) is 1. The van der Waals surface area contributed by atoms with Crippen molar-refractivity contribution in [2.75, 3.05) is 20.2 Å². The molecule has 20 heavy (non-hydrogen) atoms. The highest BCUT2D eigenvalue weighted by molar-refractivity contribution is 5.95. The maximum absolute atomic E-state index is 12.2. The van der Waals surface area contributed by atoms with Crippen molar-refractivity contribution in [2.45, 2.75) is 18.9 Å². The molecule has 108 valence electrons. The Morgan fingerprint density at radius 2 is 2.30 bits per heavy atom. The molecular weight excluding hydrogens is 262 g/mol. The molecule has 2 N–H and O–H groups in total. The van der Waals surface area contributed by atoms with Crippen molar-refractivity contribution >= 4 is 11.6 Å². The molecule has 1 atom stereocenters. The molecule has 0 spiro atoms. The van der Waals surface area contributed by atoms with Crippen LogP contribution in [-0.2, 0) is 0 Å². The molecule has 1 amide bonds. The van der Waals surface area contributed by atoms with Gasteiger partial charge in [0.25, 0.3) is 5.91 Å². The summed E-state index contributed by atoms with van der Waals surface area (Å²) in [5.41, 5.74) is -0.0927. The fourth-order valence-electron chi connectivity index (χ4n) is 2.24. The van der Waals surface area contributed by atoms with Crippen LogP contribution in [0.5, 0.6) is 5.75 Å². The average molecular weight is 279 g/mol. The molecule has 1 aliphatic heterocycles. The van der Waals surface area contributed by atoms with Gasteiger partial charge in [-0.3, -0.25) is 14.9 Å². The van der Waals surface area contributed by atoms with Gasteiger partial charge in [0.2, 0.25) is 0 Å². The van der Waals surface area contributed by atoms with E-state index in [9.17, 15) is 14.9 Å². The summed E-state index contributed by atoms with van der Waals surface area (Å²) >= 11 is 0. The van der Waals surface area contributed by atoms with Crippen LogP contribution in [-0.4, -0.2) is 36.6 Å². The topological polar surface area (TPSA) is 93.5 Å². The van der Waals surface area contributed by atoms with Crippen molar-refractivity contribution in [3.8, 4) is 5.75 Å². The van der Waals surface area contributed by atoms with Crippen LogP contribution in [0.3, 0.4) is 0 Å². The number of carbonyl (C=O) groups is 1. The predicted octanol–water partition coefficient (Wildman–Crippen LogP) is 1.09. The monoisotopic (exact) mass is 279 g/mol. The second kappa shape index (κ2) is 5.46. The van der Waals surface area contributed by atoms with Gasteiger partial charge < -0.3 is 15.4 Å². The van der Waals surface area contributed by atoms with Crippen LogP contribution in [0.1, 0.15) is 23.7 Å². The molecule has 0 aliphatic carbocycles. The number of ether oxygens (including phenoxy) is 1. The number of rotatable bonds is 4. The third-order valence-electron chi connectivity index (χ3n) is 3.42. The molecule has 0 aromatic heterocycles. The van der Waals surface area contributed by atoms with Crippen LogP contribution in [0, 0.1) is 10.1 Å². The minimum Gasteiger partial charge on any atom is -0.490 e. The maximum Gasteiger partial charge on any atom is 0.310 e. The van der Waals surface area contributed by atoms with Gasteiger partial charge in [-0.15, -0.1) is 0 Å². The van der Waals surface area contributed by atoms with E-state index < -0.39 is 4.92 Å². The molecule has 1 aliphatic rings. The Kier molecular flexibility index (Phi) is 3.89. The Morgan fingerprint density at radius 1 is 1.55 bits per heavy atom. The molecule has 0 radical (unpaired) electrons. The second-order valence-electron chi connectivity index (χ2n) is 5.09. The lowest BCUT2D eigenvalue weighted by Crippen LogP contribution is -2.47. The van der Waals surface area contributed by atoms with Crippen LogP contribution >= 0.6 is 0 Å². The summed E-state index contributed by atoms with van der Waals surface area (Å²) in [6, 6.07) is 4.10. The van der Waals surface area contributed by atoms with Crippen molar-refractivity contribution in [1.82, 2.24) is 10.6 Å². The zero-order valence-electron chi connectivity index (χ0n) is 11.4. The first kappa shape index (κ1) is 14.3. The van der Waals surface area contributed by atoms with E-state index in [2.05, 4.69) is 10.6 Å². The number of methoxy groups -OCH3 is 1. The first-order valence-electron chi connectivity index (χ1n) is 6.31. The quantitative estimate of drug-likeness (QED) is 0.635. The molecule has 1 aromatic rings. The van der Waals surface area contributed by atoms with E-state index in [4.69, 9.17) is 4.74 Å². The van der Waals surface area contributed by atoms with Crippen molar-refractivity contribution in [1.29, 1.82) is 0 Å². The number of carbonyl (C=O) groups excluding carboxylic acids is 1. The first-order valence-corrected chi connectivity index (χ1v) is 6.31. The largest absolute Gasteiger partial charge is 0.490 e. The Hall–Kier alpha value is -2.15. The molecule has 7 heteroatoms. The van der Waals surface area contributed by atoms with Crippen LogP contribution in [0.2, 0.25) is 0 Å². The van der Waals surface area contributed by atoms with Crippen LogP contribution < -0.4 is 15.4 Å². The van der Waals surface area contributed by atoms with E-state index in [-0.39, 0.29) is 22.9 Å². The molecular formula is C13H17N3O4. The normalized spacial score (nSPS) is 21.5. The van der Waals surface area contributed by atoms with Crippen LogP contribution in [0.4, 0.5) is 5.69 Å². The van der Waals surface area contributed by atoms with Crippen molar-refractivity contribution in [3.63, 3.8) is 0 Å². The first-order chi connectivity index (χ1) is 9.45. The molecule has 0 saturated carbocycles. The standard InChI is InChI=1S/C13H17N3O4/c1-13(5-6-14-8-13)15-12(17)9-3-4-10(16(18)19)11(7-9)20-2/h3-4,7,14H,5-6,8H2,1-2H3,(H,15,17). The molecule has 1 saturated heterocycles. The lowest BCUT2D eigenvalue weighted by atomic mass is 10.0. The van der Waals surface area contributed by atoms with Gasteiger partial charge in [0.15, 0.2) is 5.75 Å². The maximum atomic E-state index is 12.2. The number of hydrogen-bond acceptors (Lipinski definition) is 5. The fourth-order valence-corrected chi connectivity index (χ4v) is 2.24. The summed E-state index contributed by atoms with van der Waals surface area (Å²) in [5.74, 6) is -0.179. The smallest absolute Gasteiger partial charge is 0.310 e. The molecule has 7 nitrogen and oxygen atoms in total. The Bertz CT molecular complexity index is 538. The van der Waals surface area contributed by atoms with E-state index in [1.165, 1.54) is 25.3 Å². The lowest BCUT2D eigenvalue weighted by molar-refractivity contribution is -0.385. The van der Waals surface area contributed by atoms with Gasteiger partial charge in [-0.2, -0.15) is 0 Å². The van der Waals surface area contributed by atoms with Gasteiger partial charge in [-0.05, 0) is 26.0 Å². The molecule has 0 bridgehead atoms. The van der Waals surface area contributed by atoms with E-state index in [0.29, 0.717) is 12.1 Å². The molecule has 2 rings (SSSR count). The summed E-state index contributed by atoms with van der Waals surface area (Å²) in [4.78, 5) is 22.5. The highest BCUT2D eigenvalue weighted by Crippen LogP contribution is 2.27. The van der Waals surface area contributed by atoms with Crippen LogP contribution in [0.25, 0.3) is 0 Å². The zero-order chi connectivity index (χ0) is 14.8. The zero-order valence-corrected chi connectivity index (χ0v) is 11.4. The van der Waals surface area contributed by atoms with E-state index >= 15 is 0 Å². The van der Waals surface area contributed by atoms with Gasteiger partial charge in [0.1, 0.15) is 0 Å². The number of nitro benzene ring substituents is 1. The summed E-state index contributed by atoms with van der Waals surface area (Å²) < 4.78 is 4.96. The second-order valence-corrected chi connectivity index (χ2v) is 5.09. The number of amides is 1. The van der Waals surface area contributed by atoms with Gasteiger partial charge in [0.05, 0.1) is 17.6 Å². The predicted molar refractivity (Wildman–Crippen MR) is 73.0 cm³/mol. The Labute approximate surface area is 116 Å². The van der Waals surface area contributed by atoms with Crippen molar-refractivity contribution < 1.29 is 14.5 Å². The van der Waals surface area contributed by atoms with E-state index in [1.807, 2.05) is 6.92 Å². The average Bonchev–Trinajstić information content (AvgIpc) is 2.84. The minimum atomic E-state index is -0.539. The van der Waals surface area contributed by atoms with E-state index in [1.54, 1.807) is 0 Å². The Balaban J connectivity index is 2.20. The third kappa shape index (κ3) is 2.88. The van der Waals surface area contributed by atoms with Gasteiger partial charge in [0, 0.05) is 24.2 Å². The third-order valence-corrected chi connectivity index (χ3v) is 3.42. The van der Waals surface area contributed by atoms with Gasteiger partial charge in [-0.1, -0.05) is 0 Å².